The molecular weight excluding hydrogens is 410 g/mol. The van der Waals surface area contributed by atoms with Gasteiger partial charge in [0, 0.05) is 25.4 Å². The number of nitrogens with one attached hydrogen (secondary N) is 1. The van der Waals surface area contributed by atoms with E-state index in [1.54, 1.807) is 0 Å². The lowest BCUT2D eigenvalue weighted by Gasteiger charge is -2.34. The van der Waals surface area contributed by atoms with E-state index in [2.05, 4.69) is 43.2 Å². The number of amides is 2. The van der Waals surface area contributed by atoms with Gasteiger partial charge in [-0.1, -0.05) is 45.2 Å². The zero-order valence-electron chi connectivity index (χ0n) is 21.8. The maximum atomic E-state index is 12.7. The van der Waals surface area contributed by atoms with Crippen molar-refractivity contribution in [3.8, 4) is 0 Å². The number of hydrogen-bond donors (Lipinski definition) is 1. The lowest BCUT2D eigenvalue weighted by molar-refractivity contribution is 0.0126. The van der Waals surface area contributed by atoms with Gasteiger partial charge in [0.15, 0.2) is 0 Å². The van der Waals surface area contributed by atoms with Gasteiger partial charge in [0.25, 0.3) is 0 Å². The van der Waals surface area contributed by atoms with E-state index in [0.29, 0.717) is 12.1 Å². The second kappa shape index (κ2) is 16.1. The molecule has 2 amide bonds. The van der Waals surface area contributed by atoms with E-state index in [1.165, 1.54) is 57.2 Å². The molecular formula is C28H49N3O2. The minimum absolute atomic E-state index is 0.0104. The Labute approximate surface area is 203 Å². The molecule has 0 bridgehead atoms. The fourth-order valence-electron chi connectivity index (χ4n) is 4.59. The maximum Gasteiger partial charge on any atom is 0.321 e. The summed E-state index contributed by atoms with van der Waals surface area (Å²) >= 11 is 0. The number of urea groups is 1. The quantitative estimate of drug-likeness (QED) is 0.296. The van der Waals surface area contributed by atoms with E-state index in [-0.39, 0.29) is 6.03 Å². The number of unbranched alkanes of at least 4 members (excludes halogenated alkanes) is 4. The van der Waals surface area contributed by atoms with Crippen molar-refractivity contribution in [2.24, 2.45) is 0 Å². The molecule has 1 saturated carbocycles. The first-order chi connectivity index (χ1) is 16.0. The summed E-state index contributed by atoms with van der Waals surface area (Å²) < 4.78 is 6.15. The Morgan fingerprint density at radius 1 is 0.909 bits per heavy atom. The number of rotatable bonds is 15. The number of carbonyl (C=O) groups excluding carboxylic acids is 1. The van der Waals surface area contributed by atoms with Crippen LogP contribution in [0.5, 0.6) is 0 Å². The van der Waals surface area contributed by atoms with Gasteiger partial charge in [-0.05, 0) is 95.6 Å². The summed E-state index contributed by atoms with van der Waals surface area (Å²) in [5.41, 5.74) is 2.21. The molecule has 1 aromatic rings. The molecule has 1 aromatic carbocycles. The predicted molar refractivity (Wildman–Crippen MR) is 140 cm³/mol. The molecule has 188 valence electrons. The van der Waals surface area contributed by atoms with Crippen molar-refractivity contribution in [1.82, 2.24) is 9.80 Å². The number of ether oxygens (including phenoxy) is 1. The molecule has 0 radical (unpaired) electrons. The number of aryl methyl sites for hydroxylation is 1. The van der Waals surface area contributed by atoms with E-state index in [0.717, 1.165) is 50.8 Å². The maximum absolute atomic E-state index is 12.7. The fourth-order valence-corrected chi connectivity index (χ4v) is 4.59. The molecule has 0 spiro atoms. The minimum atomic E-state index is -0.0104. The van der Waals surface area contributed by atoms with Crippen LogP contribution in [-0.4, -0.2) is 61.8 Å². The molecule has 1 aliphatic rings. The summed E-state index contributed by atoms with van der Waals surface area (Å²) in [6.45, 7) is 7.71. The average molecular weight is 460 g/mol. The number of benzene rings is 1. The van der Waals surface area contributed by atoms with Gasteiger partial charge in [-0.25, -0.2) is 4.79 Å². The number of nitrogens with zero attached hydrogens (tertiary/aromatic N) is 2. The Hall–Kier alpha value is -1.59. The van der Waals surface area contributed by atoms with Gasteiger partial charge in [-0.3, -0.25) is 0 Å². The minimum Gasteiger partial charge on any atom is -0.378 e. The van der Waals surface area contributed by atoms with Crippen molar-refractivity contribution < 1.29 is 9.53 Å². The summed E-state index contributed by atoms with van der Waals surface area (Å²) in [4.78, 5) is 17.0. The summed E-state index contributed by atoms with van der Waals surface area (Å²) in [5.74, 6) is 0. The third kappa shape index (κ3) is 10.9. The van der Waals surface area contributed by atoms with E-state index in [9.17, 15) is 4.79 Å². The van der Waals surface area contributed by atoms with Gasteiger partial charge >= 0.3 is 6.03 Å². The van der Waals surface area contributed by atoms with Crippen molar-refractivity contribution >= 4 is 11.7 Å². The van der Waals surface area contributed by atoms with Crippen molar-refractivity contribution in [2.75, 3.05) is 39.1 Å². The van der Waals surface area contributed by atoms with Crippen LogP contribution in [0, 0.1) is 0 Å². The van der Waals surface area contributed by atoms with Crippen molar-refractivity contribution in [3.05, 3.63) is 29.8 Å². The second-order valence-corrected chi connectivity index (χ2v) is 9.86. The Morgan fingerprint density at radius 3 is 2.18 bits per heavy atom. The summed E-state index contributed by atoms with van der Waals surface area (Å²) in [6.07, 6.45) is 14.3. The topological polar surface area (TPSA) is 44.8 Å². The molecule has 5 nitrogen and oxygen atoms in total. The van der Waals surface area contributed by atoms with Crippen LogP contribution < -0.4 is 5.32 Å². The van der Waals surface area contributed by atoms with Crippen LogP contribution in [-0.2, 0) is 11.2 Å². The summed E-state index contributed by atoms with van der Waals surface area (Å²) in [5, 5.41) is 3.06. The lowest BCUT2D eigenvalue weighted by atomic mass is 9.92. The molecule has 1 fully saturated rings. The molecule has 1 N–H and O–H groups in total. The monoisotopic (exact) mass is 459 g/mol. The van der Waals surface area contributed by atoms with E-state index < -0.39 is 0 Å². The number of anilines is 1. The Bertz CT molecular complexity index is 641. The zero-order chi connectivity index (χ0) is 23.9. The molecule has 0 saturated heterocycles. The smallest absolute Gasteiger partial charge is 0.321 e. The first-order valence-electron chi connectivity index (χ1n) is 13.5. The van der Waals surface area contributed by atoms with Crippen molar-refractivity contribution in [2.45, 2.75) is 103 Å². The van der Waals surface area contributed by atoms with Crippen LogP contribution in [0.4, 0.5) is 10.5 Å². The third-order valence-electron chi connectivity index (χ3n) is 6.97. The Kier molecular flexibility index (Phi) is 13.5. The molecule has 0 unspecified atom stereocenters. The van der Waals surface area contributed by atoms with Crippen LogP contribution in [0.2, 0.25) is 0 Å². The molecule has 33 heavy (non-hydrogen) atoms. The molecule has 1 aliphatic carbocycles. The Balaban J connectivity index is 1.59. The molecule has 0 heterocycles. The van der Waals surface area contributed by atoms with Gasteiger partial charge in [-0.15, -0.1) is 0 Å². The third-order valence-corrected chi connectivity index (χ3v) is 6.97. The van der Waals surface area contributed by atoms with Gasteiger partial charge < -0.3 is 19.9 Å². The Morgan fingerprint density at radius 2 is 1.55 bits per heavy atom. The SMILES string of the molecule is CCCCCN(C)CCCCO[C@H]1CC[C@H](N(C)C(=O)Nc2ccc(CCCC)cc2)CC1. The second-order valence-electron chi connectivity index (χ2n) is 9.86. The molecule has 0 aromatic heterocycles. The zero-order valence-corrected chi connectivity index (χ0v) is 21.8. The van der Waals surface area contributed by atoms with Crippen LogP contribution in [0.1, 0.15) is 90.0 Å². The highest BCUT2D eigenvalue weighted by atomic mass is 16.5. The van der Waals surface area contributed by atoms with Crippen molar-refractivity contribution in [3.63, 3.8) is 0 Å². The highest BCUT2D eigenvalue weighted by Gasteiger charge is 2.27. The lowest BCUT2D eigenvalue weighted by Crippen LogP contribution is -2.42. The summed E-state index contributed by atoms with van der Waals surface area (Å²) in [6, 6.07) is 8.57. The van der Waals surface area contributed by atoms with E-state index >= 15 is 0 Å². The molecule has 2 rings (SSSR count). The van der Waals surface area contributed by atoms with Crippen LogP contribution in [0.15, 0.2) is 24.3 Å². The normalized spacial score (nSPS) is 18.5. The van der Waals surface area contributed by atoms with E-state index in [1.807, 2.05) is 24.1 Å². The van der Waals surface area contributed by atoms with Gasteiger partial charge in [0.2, 0.25) is 0 Å². The highest BCUT2D eigenvalue weighted by Crippen LogP contribution is 2.25. The molecule has 0 aliphatic heterocycles. The highest BCUT2D eigenvalue weighted by molar-refractivity contribution is 5.89. The average Bonchev–Trinajstić information content (AvgIpc) is 2.83. The van der Waals surface area contributed by atoms with Crippen LogP contribution in [0.25, 0.3) is 0 Å². The first-order valence-corrected chi connectivity index (χ1v) is 13.5. The van der Waals surface area contributed by atoms with Crippen LogP contribution in [0.3, 0.4) is 0 Å². The fraction of sp³-hybridized carbons (Fsp3) is 0.750. The van der Waals surface area contributed by atoms with E-state index in [4.69, 9.17) is 4.74 Å². The largest absolute Gasteiger partial charge is 0.378 e. The molecule has 0 atom stereocenters. The van der Waals surface area contributed by atoms with Gasteiger partial charge in [0.1, 0.15) is 0 Å². The van der Waals surface area contributed by atoms with Gasteiger partial charge in [-0.2, -0.15) is 0 Å². The van der Waals surface area contributed by atoms with Crippen molar-refractivity contribution in [1.29, 1.82) is 0 Å². The van der Waals surface area contributed by atoms with Gasteiger partial charge in [0.05, 0.1) is 6.10 Å². The molecule has 5 heteroatoms. The standard InChI is InChI=1S/C28H49N3O2/c1-5-7-9-21-30(3)22-10-11-23-33-27-19-17-26(18-20-27)31(4)28(32)29-25-15-13-24(14-16-25)12-8-6-2/h13-16,26-27H,5-12,17-23H2,1-4H3,(H,29,32)/t26-,27-. The van der Waals surface area contributed by atoms with Crippen LogP contribution >= 0.6 is 0 Å². The first kappa shape index (κ1) is 27.7. The number of hydrogen-bond acceptors (Lipinski definition) is 3. The predicted octanol–water partition coefficient (Wildman–Crippen LogP) is 6.72. The summed E-state index contributed by atoms with van der Waals surface area (Å²) in [7, 11) is 4.15. The number of carbonyl (C=O) groups is 1.